The minimum Gasteiger partial charge on any atom is -0.481 e. The first kappa shape index (κ1) is 46.6. The van der Waals surface area contributed by atoms with Gasteiger partial charge in [0.25, 0.3) is 0 Å². The highest BCUT2D eigenvalue weighted by Crippen LogP contribution is 2.16. The Morgan fingerprint density at radius 2 is 0.400 bits per heavy atom. The van der Waals surface area contributed by atoms with Crippen molar-refractivity contribution < 1.29 is 9.90 Å². The molecule has 0 atom stereocenters. The second kappa shape index (κ2) is 45.6. The third kappa shape index (κ3) is 50.5. The number of hydrogen-bond donors (Lipinski definition) is 1. The molecule has 0 unspecified atom stereocenters. The molecule has 1 N–H and O–H groups in total. The summed E-state index contributed by atoms with van der Waals surface area (Å²) in [4.78, 5) is 10.3. The van der Waals surface area contributed by atoms with Crippen LogP contribution >= 0.6 is 0 Å². The van der Waals surface area contributed by atoms with Crippen LogP contribution in [0.25, 0.3) is 0 Å². The molecule has 0 amide bonds. The van der Waals surface area contributed by atoms with Crippen molar-refractivity contribution in [3.8, 4) is 0 Å². The van der Waals surface area contributed by atoms with Gasteiger partial charge in [0.15, 0.2) is 0 Å². The van der Waals surface area contributed by atoms with Gasteiger partial charge in [0.1, 0.15) is 0 Å². The molecule has 0 fully saturated rings. The largest absolute Gasteiger partial charge is 0.481 e. The van der Waals surface area contributed by atoms with Gasteiger partial charge in [-0.3, -0.25) is 4.79 Å². The molecule has 0 saturated carbocycles. The van der Waals surface area contributed by atoms with Gasteiger partial charge < -0.3 is 5.11 Å². The Kier molecular flexibility index (Phi) is 47.2. The molecule has 0 aliphatic carbocycles. The van der Waals surface area contributed by atoms with Crippen molar-refractivity contribution in [1.82, 2.24) is 0 Å². The average molecular weight is 637 g/mol. The Hall–Kier alpha value is -0.530. The first-order valence-electron chi connectivity index (χ1n) is 21.4. The zero-order valence-corrected chi connectivity index (χ0v) is 31.9. The quantitative estimate of drug-likeness (QED) is 0.0685. The van der Waals surface area contributed by atoms with Gasteiger partial charge in [0.2, 0.25) is 0 Å². The van der Waals surface area contributed by atoms with E-state index in [2.05, 4.69) is 20.8 Å². The van der Waals surface area contributed by atoms with E-state index in [0.29, 0.717) is 6.42 Å². The first-order chi connectivity index (χ1) is 22.2. The molecule has 272 valence electrons. The summed E-state index contributed by atoms with van der Waals surface area (Å²) >= 11 is 0. The predicted molar refractivity (Wildman–Crippen MR) is 205 cm³/mol. The van der Waals surface area contributed by atoms with Crippen LogP contribution in [0.1, 0.15) is 271 Å². The van der Waals surface area contributed by atoms with Crippen molar-refractivity contribution >= 4 is 5.97 Å². The Morgan fingerprint density at radius 1 is 0.267 bits per heavy atom. The van der Waals surface area contributed by atoms with E-state index in [1.54, 1.807) is 0 Å². The number of hydrogen-bond acceptors (Lipinski definition) is 1. The monoisotopic (exact) mass is 637 g/mol. The topological polar surface area (TPSA) is 37.3 Å². The first-order valence-corrected chi connectivity index (χ1v) is 21.4. The van der Waals surface area contributed by atoms with Crippen LogP contribution in [-0.4, -0.2) is 11.1 Å². The van der Waals surface area contributed by atoms with E-state index in [0.717, 1.165) is 12.8 Å². The average Bonchev–Trinajstić information content (AvgIpc) is 3.04. The molecule has 0 radical (unpaired) electrons. The van der Waals surface area contributed by atoms with Crippen molar-refractivity contribution in [3.05, 3.63) is 0 Å². The standard InChI is InChI=1S/C27H56.C16H32O2/c1-3-5-7-9-11-13-15-17-19-21-23-25-27-26-24-22-20-18-16-14-12-10-8-6-4-2;1-2-3-4-5-6-7-8-9-10-11-12-13-14-15-16(17)18/h3-27H2,1-2H3;2-15H2,1H3,(H,17,18). The van der Waals surface area contributed by atoms with E-state index in [-0.39, 0.29) is 0 Å². The molecule has 2 heteroatoms. The van der Waals surface area contributed by atoms with Crippen LogP contribution in [0.5, 0.6) is 0 Å². The predicted octanol–water partition coefficient (Wildman–Crippen LogP) is 16.3. The maximum Gasteiger partial charge on any atom is 0.303 e. The molecule has 0 aliphatic heterocycles. The number of carboxylic acid groups (broad SMARTS) is 1. The van der Waals surface area contributed by atoms with Crippen LogP contribution in [0.15, 0.2) is 0 Å². The highest BCUT2D eigenvalue weighted by molar-refractivity contribution is 5.66. The Morgan fingerprint density at radius 3 is 0.533 bits per heavy atom. The molecule has 2 nitrogen and oxygen atoms in total. The lowest BCUT2D eigenvalue weighted by Crippen LogP contribution is -1.93. The lowest BCUT2D eigenvalue weighted by Gasteiger charge is -2.04. The van der Waals surface area contributed by atoms with Crippen molar-refractivity contribution in [2.75, 3.05) is 0 Å². The van der Waals surface area contributed by atoms with Crippen molar-refractivity contribution in [2.45, 2.75) is 271 Å². The Bertz CT molecular complexity index is 478. The van der Waals surface area contributed by atoms with Crippen LogP contribution in [0, 0.1) is 0 Å². The number of carboxylic acids is 1. The zero-order chi connectivity index (χ0) is 33.2. The second-order valence-electron chi connectivity index (χ2n) is 14.5. The molecule has 0 aromatic heterocycles. The van der Waals surface area contributed by atoms with Crippen molar-refractivity contribution in [1.29, 1.82) is 0 Å². The molecule has 0 aromatic rings. The minimum atomic E-state index is -0.655. The maximum atomic E-state index is 10.3. The number of aliphatic carboxylic acids is 1. The van der Waals surface area contributed by atoms with Gasteiger partial charge in [-0.2, -0.15) is 0 Å². The molecule has 0 rings (SSSR count). The smallest absolute Gasteiger partial charge is 0.303 e. The molecule has 0 heterocycles. The zero-order valence-electron chi connectivity index (χ0n) is 31.9. The van der Waals surface area contributed by atoms with Crippen LogP contribution in [0.4, 0.5) is 0 Å². The molecular weight excluding hydrogens is 548 g/mol. The fraction of sp³-hybridized carbons (Fsp3) is 0.977. The van der Waals surface area contributed by atoms with Gasteiger partial charge in [0, 0.05) is 6.42 Å². The molecular formula is C43H88O2. The highest BCUT2D eigenvalue weighted by Gasteiger charge is 1.98. The number of rotatable bonds is 38. The molecule has 45 heavy (non-hydrogen) atoms. The molecule has 0 spiro atoms. The Labute approximate surface area is 286 Å². The summed E-state index contributed by atoms with van der Waals surface area (Å²) in [6.45, 7) is 6.87. The molecule has 0 bridgehead atoms. The van der Waals surface area contributed by atoms with E-state index in [1.807, 2.05) is 0 Å². The minimum absolute atomic E-state index is 0.345. The van der Waals surface area contributed by atoms with Gasteiger partial charge in [-0.05, 0) is 6.42 Å². The van der Waals surface area contributed by atoms with Crippen LogP contribution in [0.2, 0.25) is 0 Å². The second-order valence-corrected chi connectivity index (χ2v) is 14.5. The fourth-order valence-corrected chi connectivity index (χ4v) is 6.51. The van der Waals surface area contributed by atoms with E-state index in [4.69, 9.17) is 5.11 Å². The molecule has 0 aliphatic rings. The summed E-state index contributed by atoms with van der Waals surface area (Å²) in [5.74, 6) is -0.655. The Balaban J connectivity index is 0. The van der Waals surface area contributed by atoms with E-state index >= 15 is 0 Å². The van der Waals surface area contributed by atoms with Crippen molar-refractivity contribution in [3.63, 3.8) is 0 Å². The van der Waals surface area contributed by atoms with E-state index in [1.165, 1.54) is 231 Å². The SMILES string of the molecule is CCCCCCCCCCCCCCCC(=O)O.CCCCCCCCCCCCCCCCCCCCCCCCCCC. The lowest BCUT2D eigenvalue weighted by atomic mass is 10.0. The van der Waals surface area contributed by atoms with Gasteiger partial charge in [-0.25, -0.2) is 0 Å². The van der Waals surface area contributed by atoms with Gasteiger partial charge in [0.05, 0.1) is 0 Å². The third-order valence-electron chi connectivity index (χ3n) is 9.70. The van der Waals surface area contributed by atoms with Gasteiger partial charge >= 0.3 is 5.97 Å². The summed E-state index contributed by atoms with van der Waals surface area (Å²) < 4.78 is 0. The summed E-state index contributed by atoms with van der Waals surface area (Å²) in [7, 11) is 0. The number of carbonyl (C=O) groups is 1. The van der Waals surface area contributed by atoms with Crippen LogP contribution < -0.4 is 0 Å². The van der Waals surface area contributed by atoms with E-state index in [9.17, 15) is 4.79 Å². The summed E-state index contributed by atoms with van der Waals surface area (Å²) in [5.41, 5.74) is 0. The van der Waals surface area contributed by atoms with Crippen LogP contribution in [0.3, 0.4) is 0 Å². The fourth-order valence-electron chi connectivity index (χ4n) is 6.51. The van der Waals surface area contributed by atoms with Crippen molar-refractivity contribution in [2.24, 2.45) is 0 Å². The normalized spacial score (nSPS) is 11.1. The summed E-state index contributed by atoms with van der Waals surface area (Å²) in [6.07, 6.45) is 54.2. The van der Waals surface area contributed by atoms with Crippen LogP contribution in [-0.2, 0) is 4.79 Å². The summed E-state index contributed by atoms with van der Waals surface area (Å²) in [5, 5.41) is 8.49. The maximum absolute atomic E-state index is 10.3. The highest BCUT2D eigenvalue weighted by atomic mass is 16.4. The molecule has 0 saturated heterocycles. The van der Waals surface area contributed by atoms with E-state index < -0.39 is 5.97 Å². The molecule has 0 aromatic carbocycles. The van der Waals surface area contributed by atoms with Gasteiger partial charge in [-0.1, -0.05) is 258 Å². The third-order valence-corrected chi connectivity index (χ3v) is 9.70. The lowest BCUT2D eigenvalue weighted by molar-refractivity contribution is -0.137. The number of unbranched alkanes of at least 4 members (excludes halogenated alkanes) is 36. The van der Waals surface area contributed by atoms with Gasteiger partial charge in [-0.15, -0.1) is 0 Å². The summed E-state index contributed by atoms with van der Waals surface area (Å²) in [6, 6.07) is 0.